The van der Waals surface area contributed by atoms with E-state index in [0.717, 1.165) is 16.5 Å². The molecule has 0 unspecified atom stereocenters. The number of fused-ring (bicyclic) bond motifs is 1. The molecular weight excluding hydrogens is 372 g/mol. The van der Waals surface area contributed by atoms with Gasteiger partial charge in [0, 0.05) is 18.0 Å². The molecule has 150 valence electrons. The Morgan fingerprint density at radius 1 is 1.07 bits per heavy atom. The highest BCUT2D eigenvalue weighted by atomic mass is 16.5. The molecule has 0 saturated heterocycles. The average molecular weight is 394 g/mol. The Kier molecular flexibility index (Phi) is 6.29. The minimum absolute atomic E-state index is 0.0345. The first kappa shape index (κ1) is 20.1. The zero-order valence-corrected chi connectivity index (χ0v) is 16.2. The topological polar surface area (TPSA) is 97.6 Å². The number of carbonyl (C=O) groups excluding carboxylic acids is 3. The minimum Gasteiger partial charge on any atom is -0.459 e. The normalized spacial score (nSPS) is 11.7. The number of anilines is 1. The summed E-state index contributed by atoms with van der Waals surface area (Å²) in [5.41, 5.74) is 2.12. The summed E-state index contributed by atoms with van der Waals surface area (Å²) in [5.74, 6) is -0.457. The van der Waals surface area contributed by atoms with Crippen molar-refractivity contribution in [3.05, 3.63) is 65.9 Å². The lowest BCUT2D eigenvalue weighted by atomic mass is 10.1. The van der Waals surface area contributed by atoms with Gasteiger partial charge in [0.05, 0.1) is 12.5 Å². The Hall–Kier alpha value is -3.61. The quantitative estimate of drug-likeness (QED) is 0.599. The third-order valence-electron chi connectivity index (χ3n) is 4.24. The number of ether oxygens (including phenoxy) is 1. The van der Waals surface area contributed by atoms with Crippen molar-refractivity contribution in [1.29, 1.82) is 0 Å². The largest absolute Gasteiger partial charge is 0.459 e. The fourth-order valence-electron chi connectivity index (χ4n) is 2.84. The molecule has 1 heterocycles. The SMILES string of the molecule is CC(=O)Nc1ccc(CC(=O)OCC(=O)N[C@@H](C)c2cc3ccccc3o2)cc1. The molecule has 7 nitrogen and oxygen atoms in total. The van der Waals surface area contributed by atoms with E-state index in [1.54, 1.807) is 31.2 Å². The maximum Gasteiger partial charge on any atom is 0.310 e. The number of benzene rings is 2. The monoisotopic (exact) mass is 394 g/mol. The van der Waals surface area contributed by atoms with Gasteiger partial charge in [-0.05, 0) is 36.8 Å². The van der Waals surface area contributed by atoms with E-state index in [1.807, 2.05) is 30.3 Å². The van der Waals surface area contributed by atoms with Gasteiger partial charge in [0.1, 0.15) is 11.3 Å². The summed E-state index contributed by atoms with van der Waals surface area (Å²) in [5, 5.41) is 6.36. The highest BCUT2D eigenvalue weighted by Gasteiger charge is 2.15. The zero-order chi connectivity index (χ0) is 20.8. The van der Waals surface area contributed by atoms with Gasteiger partial charge in [0.2, 0.25) is 5.91 Å². The highest BCUT2D eigenvalue weighted by molar-refractivity contribution is 5.88. The number of para-hydroxylation sites is 1. The fourth-order valence-corrected chi connectivity index (χ4v) is 2.84. The van der Waals surface area contributed by atoms with Crippen LogP contribution in [0.2, 0.25) is 0 Å². The standard InChI is InChI=1S/C22H22N2O5/c1-14(20-12-17-5-3-4-6-19(17)29-20)23-21(26)13-28-22(27)11-16-7-9-18(10-8-16)24-15(2)25/h3-10,12,14H,11,13H2,1-2H3,(H,23,26)(H,24,25)/t14-/m0/s1. The molecule has 0 aliphatic carbocycles. The third kappa shape index (κ3) is 5.68. The molecule has 1 aromatic heterocycles. The van der Waals surface area contributed by atoms with Crippen LogP contribution in [-0.2, 0) is 25.5 Å². The molecule has 0 radical (unpaired) electrons. The molecule has 0 saturated carbocycles. The molecule has 0 fully saturated rings. The van der Waals surface area contributed by atoms with E-state index < -0.39 is 11.9 Å². The van der Waals surface area contributed by atoms with Crippen LogP contribution in [0.4, 0.5) is 5.69 Å². The molecule has 0 aliphatic rings. The lowest BCUT2D eigenvalue weighted by molar-refractivity contribution is -0.148. The van der Waals surface area contributed by atoms with Crippen LogP contribution in [0.5, 0.6) is 0 Å². The number of hydrogen-bond donors (Lipinski definition) is 2. The second kappa shape index (κ2) is 9.05. The van der Waals surface area contributed by atoms with E-state index in [9.17, 15) is 14.4 Å². The Balaban J connectivity index is 1.45. The Morgan fingerprint density at radius 2 is 1.79 bits per heavy atom. The highest BCUT2D eigenvalue weighted by Crippen LogP contribution is 2.23. The summed E-state index contributed by atoms with van der Waals surface area (Å²) >= 11 is 0. The van der Waals surface area contributed by atoms with Crippen LogP contribution >= 0.6 is 0 Å². The zero-order valence-electron chi connectivity index (χ0n) is 16.2. The summed E-state index contributed by atoms with van der Waals surface area (Å²) in [7, 11) is 0. The predicted molar refractivity (Wildman–Crippen MR) is 108 cm³/mol. The van der Waals surface area contributed by atoms with Crippen molar-refractivity contribution in [2.45, 2.75) is 26.3 Å². The summed E-state index contributed by atoms with van der Waals surface area (Å²) in [6, 6.07) is 15.9. The van der Waals surface area contributed by atoms with Crippen LogP contribution in [0.25, 0.3) is 11.0 Å². The lowest BCUT2D eigenvalue weighted by Crippen LogP contribution is -2.31. The number of nitrogens with one attached hydrogen (secondary N) is 2. The molecule has 0 aliphatic heterocycles. The van der Waals surface area contributed by atoms with E-state index in [4.69, 9.17) is 9.15 Å². The maximum atomic E-state index is 12.1. The predicted octanol–water partition coefficient (Wildman–Crippen LogP) is 3.35. The van der Waals surface area contributed by atoms with Gasteiger partial charge in [-0.1, -0.05) is 30.3 Å². The first-order chi connectivity index (χ1) is 13.9. The van der Waals surface area contributed by atoms with Crippen LogP contribution in [0.1, 0.15) is 31.2 Å². The molecule has 29 heavy (non-hydrogen) atoms. The average Bonchev–Trinajstić information content (AvgIpc) is 3.12. The van der Waals surface area contributed by atoms with Gasteiger partial charge in [-0.15, -0.1) is 0 Å². The fraction of sp³-hybridized carbons (Fsp3) is 0.227. The number of rotatable bonds is 7. The van der Waals surface area contributed by atoms with Gasteiger partial charge in [-0.2, -0.15) is 0 Å². The lowest BCUT2D eigenvalue weighted by Gasteiger charge is -2.11. The van der Waals surface area contributed by atoms with Crippen LogP contribution in [0, 0.1) is 0 Å². The van der Waals surface area contributed by atoms with Gasteiger partial charge in [-0.3, -0.25) is 14.4 Å². The number of furan rings is 1. The molecule has 0 bridgehead atoms. The van der Waals surface area contributed by atoms with E-state index in [-0.39, 0.29) is 25.0 Å². The molecule has 3 rings (SSSR count). The first-order valence-electron chi connectivity index (χ1n) is 9.20. The number of hydrogen-bond acceptors (Lipinski definition) is 5. The molecule has 7 heteroatoms. The van der Waals surface area contributed by atoms with E-state index in [2.05, 4.69) is 10.6 Å². The van der Waals surface area contributed by atoms with Crippen LogP contribution in [0.3, 0.4) is 0 Å². The number of amides is 2. The Labute approximate surface area is 168 Å². The Bertz CT molecular complexity index is 990. The molecule has 2 N–H and O–H groups in total. The second-order valence-corrected chi connectivity index (χ2v) is 6.69. The van der Waals surface area contributed by atoms with Crippen molar-refractivity contribution < 1.29 is 23.5 Å². The van der Waals surface area contributed by atoms with Crippen LogP contribution in [0.15, 0.2) is 59.0 Å². The van der Waals surface area contributed by atoms with Crippen molar-refractivity contribution in [2.75, 3.05) is 11.9 Å². The molecule has 1 atom stereocenters. The summed E-state index contributed by atoms with van der Waals surface area (Å²) < 4.78 is 10.8. The van der Waals surface area contributed by atoms with Crippen molar-refractivity contribution in [1.82, 2.24) is 5.32 Å². The van der Waals surface area contributed by atoms with E-state index in [1.165, 1.54) is 6.92 Å². The van der Waals surface area contributed by atoms with Gasteiger partial charge < -0.3 is 19.8 Å². The van der Waals surface area contributed by atoms with Crippen molar-refractivity contribution in [3.8, 4) is 0 Å². The minimum atomic E-state index is -0.510. The van der Waals surface area contributed by atoms with Gasteiger partial charge in [0.15, 0.2) is 6.61 Å². The summed E-state index contributed by atoms with van der Waals surface area (Å²) in [4.78, 5) is 35.0. The summed E-state index contributed by atoms with van der Waals surface area (Å²) in [6.45, 7) is 2.85. The van der Waals surface area contributed by atoms with E-state index in [0.29, 0.717) is 11.4 Å². The second-order valence-electron chi connectivity index (χ2n) is 6.69. The van der Waals surface area contributed by atoms with Crippen LogP contribution < -0.4 is 10.6 Å². The molecule has 2 amide bonds. The van der Waals surface area contributed by atoms with Crippen molar-refractivity contribution >= 4 is 34.4 Å². The number of esters is 1. The third-order valence-corrected chi connectivity index (χ3v) is 4.24. The maximum absolute atomic E-state index is 12.1. The smallest absolute Gasteiger partial charge is 0.310 e. The molecule has 2 aromatic carbocycles. The molecular formula is C22H22N2O5. The Morgan fingerprint density at radius 3 is 2.48 bits per heavy atom. The van der Waals surface area contributed by atoms with Crippen molar-refractivity contribution in [3.63, 3.8) is 0 Å². The van der Waals surface area contributed by atoms with Gasteiger partial charge in [-0.25, -0.2) is 0 Å². The van der Waals surface area contributed by atoms with Gasteiger partial charge in [0.25, 0.3) is 5.91 Å². The van der Waals surface area contributed by atoms with Gasteiger partial charge >= 0.3 is 5.97 Å². The van der Waals surface area contributed by atoms with Crippen LogP contribution in [-0.4, -0.2) is 24.4 Å². The van der Waals surface area contributed by atoms with E-state index >= 15 is 0 Å². The van der Waals surface area contributed by atoms with Crippen molar-refractivity contribution in [2.24, 2.45) is 0 Å². The summed E-state index contributed by atoms with van der Waals surface area (Å²) in [6.07, 6.45) is 0.0345. The molecule has 3 aromatic rings. The first-order valence-corrected chi connectivity index (χ1v) is 9.20. The number of carbonyl (C=O) groups is 3. The molecule has 0 spiro atoms.